The van der Waals surface area contributed by atoms with Crippen molar-refractivity contribution in [2.45, 2.75) is 14.5 Å². The molecular weight excluding hydrogens is 549 g/mol. The van der Waals surface area contributed by atoms with E-state index in [-0.39, 0.29) is 24.1 Å². The van der Waals surface area contributed by atoms with Crippen molar-refractivity contribution < 1.29 is 9.53 Å². The Bertz CT molecular complexity index is 824. The fourth-order valence-electron chi connectivity index (χ4n) is 1.81. The molecule has 0 saturated carbocycles. The molecule has 2 aromatic rings. The van der Waals surface area contributed by atoms with Crippen LogP contribution in [0.4, 0.5) is 10.5 Å². The highest BCUT2D eigenvalue weighted by atomic mass is 79.9. The van der Waals surface area contributed by atoms with Gasteiger partial charge in [0.05, 0.1) is 6.61 Å². The minimum atomic E-state index is -1.96. The van der Waals surface area contributed by atoms with Gasteiger partial charge in [-0.1, -0.05) is 69.6 Å². The van der Waals surface area contributed by atoms with Crippen LogP contribution >= 0.6 is 85.5 Å². The minimum Gasteiger partial charge on any atom is -0.450 e. The summed E-state index contributed by atoms with van der Waals surface area (Å²) in [7, 11) is 0. The topological polar surface area (TPSA) is 77.0 Å². The smallest absolute Gasteiger partial charge is 0.411 e. The van der Waals surface area contributed by atoms with Crippen molar-refractivity contribution in [1.82, 2.24) is 15.0 Å². The number of amides is 1. The number of rotatable bonds is 3. The molecular formula is C14H9BrCl6N4O2. The van der Waals surface area contributed by atoms with E-state index >= 15 is 0 Å². The number of benzene rings is 1. The molecule has 27 heavy (non-hydrogen) atoms. The van der Waals surface area contributed by atoms with Crippen molar-refractivity contribution >= 4 is 97.3 Å². The second-order valence-electron chi connectivity index (χ2n) is 4.84. The molecule has 1 heterocycles. The number of carbonyl (C=O) groups excluding carboxylic acids is 1. The Labute approximate surface area is 192 Å². The lowest BCUT2D eigenvalue weighted by Crippen LogP contribution is -2.17. The molecule has 6 nitrogen and oxygen atoms in total. The van der Waals surface area contributed by atoms with Gasteiger partial charge in [-0.25, -0.2) is 19.7 Å². The third-order valence-corrected chi connectivity index (χ3v) is 4.54. The quantitative estimate of drug-likeness (QED) is 0.435. The highest BCUT2D eigenvalue weighted by Crippen LogP contribution is 2.41. The van der Waals surface area contributed by atoms with Crippen molar-refractivity contribution in [3.8, 4) is 11.4 Å². The molecule has 146 valence electrons. The van der Waals surface area contributed by atoms with Gasteiger partial charge in [-0.3, -0.25) is 5.32 Å². The van der Waals surface area contributed by atoms with E-state index in [0.29, 0.717) is 15.7 Å². The van der Waals surface area contributed by atoms with Gasteiger partial charge in [0.15, 0.2) is 17.5 Å². The first-order valence-corrected chi connectivity index (χ1v) is 10.1. The number of alkyl halides is 6. The van der Waals surface area contributed by atoms with Crippen LogP contribution in [0.25, 0.3) is 11.4 Å². The number of nitrogens with one attached hydrogen (secondary N) is 1. The number of carbonyl (C=O) groups is 1. The number of nitrogens with zero attached hydrogens (tertiary/aromatic N) is 3. The van der Waals surface area contributed by atoms with E-state index in [1.54, 1.807) is 25.1 Å². The van der Waals surface area contributed by atoms with Gasteiger partial charge in [0.1, 0.15) is 0 Å². The fourth-order valence-corrected chi connectivity index (χ4v) is 2.87. The number of hydrogen-bond donors (Lipinski definition) is 1. The van der Waals surface area contributed by atoms with E-state index in [4.69, 9.17) is 74.3 Å². The lowest BCUT2D eigenvalue weighted by Gasteiger charge is -2.16. The molecule has 13 heteroatoms. The maximum absolute atomic E-state index is 11.5. The van der Waals surface area contributed by atoms with Crippen LogP contribution in [0.15, 0.2) is 22.7 Å². The molecule has 0 bridgehead atoms. The third kappa shape index (κ3) is 6.35. The molecule has 0 saturated heterocycles. The predicted octanol–water partition coefficient (Wildman–Crippen LogP) is 6.52. The van der Waals surface area contributed by atoms with E-state index in [2.05, 4.69) is 36.2 Å². The van der Waals surface area contributed by atoms with E-state index in [1.165, 1.54) is 0 Å². The SMILES string of the molecule is CCOC(=O)Nc1ccc(-c2nc(C(Cl)(Cl)Cl)nc(C(Cl)(Cl)Cl)n2)c(Br)c1. The van der Waals surface area contributed by atoms with E-state index < -0.39 is 13.7 Å². The number of hydrogen-bond acceptors (Lipinski definition) is 5. The molecule has 0 fully saturated rings. The maximum Gasteiger partial charge on any atom is 0.411 e. The third-order valence-electron chi connectivity index (χ3n) is 2.87. The summed E-state index contributed by atoms with van der Waals surface area (Å²) in [5.74, 6) is -0.318. The number of halogens is 7. The fraction of sp³-hybridized carbons (Fsp3) is 0.286. The summed E-state index contributed by atoms with van der Waals surface area (Å²) in [5, 5.41) is 2.56. The zero-order valence-corrected chi connectivity index (χ0v) is 19.4. The molecule has 1 N–H and O–H groups in total. The van der Waals surface area contributed by atoms with Crippen molar-refractivity contribution in [3.05, 3.63) is 34.3 Å². The van der Waals surface area contributed by atoms with Crippen molar-refractivity contribution in [1.29, 1.82) is 0 Å². The summed E-state index contributed by atoms with van der Waals surface area (Å²) in [6.45, 7) is 1.94. The van der Waals surface area contributed by atoms with Crippen molar-refractivity contribution in [3.63, 3.8) is 0 Å². The summed E-state index contributed by atoms with van der Waals surface area (Å²) in [6.07, 6.45) is -0.589. The lowest BCUT2D eigenvalue weighted by atomic mass is 10.2. The number of ether oxygens (including phenoxy) is 1. The Morgan fingerprint density at radius 3 is 2.07 bits per heavy atom. The van der Waals surface area contributed by atoms with Crippen LogP contribution in [0.5, 0.6) is 0 Å². The zero-order chi connectivity index (χ0) is 20.4. The molecule has 0 aliphatic heterocycles. The van der Waals surface area contributed by atoms with Crippen molar-refractivity contribution in [2.24, 2.45) is 0 Å². The van der Waals surface area contributed by atoms with Gasteiger partial charge in [0.25, 0.3) is 0 Å². The molecule has 0 aliphatic carbocycles. The highest BCUT2D eigenvalue weighted by Gasteiger charge is 2.34. The number of anilines is 1. The van der Waals surface area contributed by atoms with Gasteiger partial charge in [0, 0.05) is 15.7 Å². The molecule has 1 amide bonds. The van der Waals surface area contributed by atoms with E-state index in [1.807, 2.05) is 0 Å². The largest absolute Gasteiger partial charge is 0.450 e. The second-order valence-corrected chi connectivity index (χ2v) is 10.3. The highest BCUT2D eigenvalue weighted by molar-refractivity contribution is 9.10. The Kier molecular flexibility index (Phi) is 7.69. The summed E-state index contributed by atoms with van der Waals surface area (Å²) in [6, 6.07) is 4.83. The monoisotopic (exact) mass is 554 g/mol. The average molecular weight is 558 g/mol. The summed E-state index contributed by atoms with van der Waals surface area (Å²) in [5.41, 5.74) is 0.958. The Balaban J connectivity index is 2.49. The van der Waals surface area contributed by atoms with Crippen LogP contribution in [0.2, 0.25) is 0 Å². The summed E-state index contributed by atoms with van der Waals surface area (Å²) >= 11 is 38.6. The lowest BCUT2D eigenvalue weighted by molar-refractivity contribution is 0.168. The molecule has 0 unspecified atom stereocenters. The van der Waals surface area contributed by atoms with Gasteiger partial charge in [0.2, 0.25) is 7.59 Å². The van der Waals surface area contributed by atoms with Crippen LogP contribution in [0, 0.1) is 0 Å². The van der Waals surface area contributed by atoms with Crippen LogP contribution in [-0.2, 0) is 12.3 Å². The maximum atomic E-state index is 11.5. The van der Waals surface area contributed by atoms with Crippen LogP contribution in [-0.4, -0.2) is 27.7 Å². The van der Waals surface area contributed by atoms with E-state index in [9.17, 15) is 4.79 Å². The first-order valence-electron chi connectivity index (χ1n) is 7.06. The molecule has 0 spiro atoms. The van der Waals surface area contributed by atoms with Crippen molar-refractivity contribution in [2.75, 3.05) is 11.9 Å². The summed E-state index contributed by atoms with van der Waals surface area (Å²) < 4.78 is 1.43. The molecule has 2 rings (SSSR count). The van der Waals surface area contributed by atoms with Crippen LogP contribution < -0.4 is 5.32 Å². The van der Waals surface area contributed by atoms with Gasteiger partial charge in [-0.15, -0.1) is 0 Å². The van der Waals surface area contributed by atoms with Gasteiger partial charge < -0.3 is 4.74 Å². The normalized spacial score (nSPS) is 12.0. The Hall–Kier alpha value is -0.280. The Morgan fingerprint density at radius 1 is 1.07 bits per heavy atom. The first kappa shape index (κ1) is 23.0. The standard InChI is InChI=1S/C14H9BrCl6N4O2/c1-2-27-12(26)22-6-3-4-7(8(15)5-6)9-23-10(13(16,17)18)25-11(24-9)14(19,20)21/h3-5H,2H2,1H3,(H,22,26). The minimum absolute atomic E-state index is 0.0993. The molecule has 0 aliphatic rings. The van der Waals surface area contributed by atoms with Gasteiger partial charge in [-0.2, -0.15) is 0 Å². The average Bonchev–Trinajstić information content (AvgIpc) is 2.53. The molecule has 0 radical (unpaired) electrons. The van der Waals surface area contributed by atoms with Gasteiger partial charge >= 0.3 is 6.09 Å². The van der Waals surface area contributed by atoms with Crippen LogP contribution in [0.3, 0.4) is 0 Å². The van der Waals surface area contributed by atoms with Gasteiger partial charge in [-0.05, 0) is 41.1 Å². The van der Waals surface area contributed by atoms with Crippen LogP contribution in [0.1, 0.15) is 18.6 Å². The summed E-state index contributed by atoms with van der Waals surface area (Å²) in [4.78, 5) is 23.7. The van der Waals surface area contributed by atoms with E-state index in [0.717, 1.165) is 0 Å². The Morgan fingerprint density at radius 2 is 1.63 bits per heavy atom. The molecule has 1 aromatic heterocycles. The first-order chi connectivity index (χ1) is 12.4. The zero-order valence-electron chi connectivity index (χ0n) is 13.2. The molecule has 0 atom stereocenters. The molecule has 1 aromatic carbocycles. The predicted molar refractivity (Wildman–Crippen MR) is 112 cm³/mol. The second kappa shape index (κ2) is 9.03. The number of aromatic nitrogens is 3.